The molecule has 0 saturated heterocycles. The topological polar surface area (TPSA) is 73.6 Å². The van der Waals surface area contributed by atoms with Gasteiger partial charge in [0.1, 0.15) is 17.9 Å². The van der Waals surface area contributed by atoms with E-state index >= 15 is 0 Å². The summed E-state index contributed by atoms with van der Waals surface area (Å²) in [4.78, 5) is 11.5. The Bertz CT molecular complexity index is 1000. The van der Waals surface area contributed by atoms with Gasteiger partial charge in [0.05, 0.1) is 4.90 Å². The normalized spacial score (nSPS) is 11.5. The van der Waals surface area contributed by atoms with Gasteiger partial charge in [-0.2, -0.15) is 0 Å². The molecule has 0 bridgehead atoms. The fraction of sp³-hybridized carbons (Fsp3) is 0.118. The van der Waals surface area contributed by atoms with Crippen molar-refractivity contribution >= 4 is 20.8 Å². The summed E-state index contributed by atoms with van der Waals surface area (Å²) < 4.78 is 33.6. The molecule has 0 amide bonds. The molecular formula is C17H14O5S. The number of sulfone groups is 1. The number of hydrogen-bond donors (Lipinski definition) is 0. The van der Waals surface area contributed by atoms with Crippen molar-refractivity contribution in [3.05, 3.63) is 70.6 Å². The van der Waals surface area contributed by atoms with E-state index in [1.807, 2.05) is 0 Å². The second kappa shape index (κ2) is 5.89. The first-order chi connectivity index (χ1) is 10.9. The van der Waals surface area contributed by atoms with Crippen LogP contribution in [0.1, 0.15) is 5.56 Å². The molecule has 3 rings (SSSR count). The van der Waals surface area contributed by atoms with Gasteiger partial charge in [-0.25, -0.2) is 13.2 Å². The molecule has 2 aromatic carbocycles. The fourth-order valence-electron chi connectivity index (χ4n) is 2.13. The van der Waals surface area contributed by atoms with E-state index < -0.39 is 15.5 Å². The van der Waals surface area contributed by atoms with Crippen molar-refractivity contribution in [2.75, 3.05) is 6.26 Å². The Balaban J connectivity index is 1.76. The minimum Gasteiger partial charge on any atom is -0.489 e. The molecule has 0 N–H and O–H groups in total. The van der Waals surface area contributed by atoms with Gasteiger partial charge in [0.15, 0.2) is 9.84 Å². The zero-order valence-electron chi connectivity index (χ0n) is 12.4. The van der Waals surface area contributed by atoms with Crippen molar-refractivity contribution in [1.82, 2.24) is 0 Å². The van der Waals surface area contributed by atoms with Crippen LogP contribution in [-0.2, 0) is 16.4 Å². The van der Waals surface area contributed by atoms with Gasteiger partial charge in [-0.3, -0.25) is 0 Å². The number of benzene rings is 2. The van der Waals surface area contributed by atoms with Crippen molar-refractivity contribution in [3.63, 3.8) is 0 Å². The first kappa shape index (κ1) is 15.3. The maximum atomic E-state index is 11.4. The van der Waals surface area contributed by atoms with E-state index in [1.165, 1.54) is 12.3 Å². The summed E-state index contributed by atoms with van der Waals surface area (Å²) in [5, 5.41) is 0.814. The minimum absolute atomic E-state index is 0.272. The number of ether oxygens (including phenoxy) is 1. The van der Waals surface area contributed by atoms with Crippen molar-refractivity contribution < 1.29 is 17.6 Å². The minimum atomic E-state index is -3.20. The molecule has 0 fully saturated rings. The summed E-state index contributed by atoms with van der Waals surface area (Å²) >= 11 is 0. The van der Waals surface area contributed by atoms with Crippen molar-refractivity contribution in [3.8, 4) is 5.75 Å². The first-order valence-electron chi connectivity index (χ1n) is 6.87. The van der Waals surface area contributed by atoms with Crippen LogP contribution in [0.2, 0.25) is 0 Å². The number of rotatable bonds is 4. The second-order valence-corrected chi connectivity index (χ2v) is 7.17. The van der Waals surface area contributed by atoms with Crippen LogP contribution in [-0.4, -0.2) is 14.7 Å². The SMILES string of the molecule is CS(=O)(=O)c1ccc(COc2ccc3ccc(=O)oc3c2)cc1. The van der Waals surface area contributed by atoms with Crippen molar-refractivity contribution in [2.24, 2.45) is 0 Å². The zero-order valence-corrected chi connectivity index (χ0v) is 13.2. The van der Waals surface area contributed by atoms with Gasteiger partial charge >= 0.3 is 5.63 Å². The predicted octanol–water partition coefficient (Wildman–Crippen LogP) is 2.78. The highest BCUT2D eigenvalue weighted by atomic mass is 32.2. The largest absolute Gasteiger partial charge is 0.489 e. The van der Waals surface area contributed by atoms with Crippen LogP contribution in [0.4, 0.5) is 0 Å². The zero-order chi connectivity index (χ0) is 16.4. The molecule has 118 valence electrons. The summed E-state index contributed by atoms with van der Waals surface area (Å²) in [6.07, 6.45) is 1.17. The van der Waals surface area contributed by atoms with Crippen LogP contribution >= 0.6 is 0 Å². The standard InChI is InChI=1S/C17H14O5S/c1-23(19,20)15-7-2-12(3-8-15)11-21-14-6-4-13-5-9-17(18)22-16(13)10-14/h2-10H,11H2,1H3. The number of fused-ring (bicyclic) bond motifs is 1. The molecule has 1 heterocycles. The van der Waals surface area contributed by atoms with Gasteiger partial charge in [0, 0.05) is 23.8 Å². The van der Waals surface area contributed by atoms with Crippen molar-refractivity contribution in [1.29, 1.82) is 0 Å². The first-order valence-corrected chi connectivity index (χ1v) is 8.77. The molecule has 0 aliphatic heterocycles. The Morgan fingerprint density at radius 2 is 1.70 bits per heavy atom. The molecule has 0 aliphatic rings. The summed E-state index contributed by atoms with van der Waals surface area (Å²) in [6, 6.07) is 14.8. The average molecular weight is 330 g/mol. The van der Waals surface area contributed by atoms with Crippen LogP contribution in [0, 0.1) is 0 Å². The highest BCUT2D eigenvalue weighted by molar-refractivity contribution is 7.90. The van der Waals surface area contributed by atoms with Gasteiger partial charge in [-0.1, -0.05) is 12.1 Å². The van der Waals surface area contributed by atoms with Crippen LogP contribution in [0.15, 0.2) is 68.7 Å². The van der Waals surface area contributed by atoms with E-state index in [2.05, 4.69) is 0 Å². The Labute approximate surface area is 133 Å². The lowest BCUT2D eigenvalue weighted by Crippen LogP contribution is -1.99. The van der Waals surface area contributed by atoms with Crippen LogP contribution in [0.5, 0.6) is 5.75 Å². The highest BCUT2D eigenvalue weighted by Crippen LogP contribution is 2.20. The Morgan fingerprint density at radius 3 is 2.39 bits per heavy atom. The summed E-state index contributed by atoms with van der Waals surface area (Å²) in [5.41, 5.74) is 0.889. The van der Waals surface area contributed by atoms with E-state index in [9.17, 15) is 13.2 Å². The molecule has 3 aromatic rings. The molecule has 0 unspecified atom stereocenters. The lowest BCUT2D eigenvalue weighted by Gasteiger charge is -2.07. The predicted molar refractivity (Wildman–Crippen MR) is 86.4 cm³/mol. The Morgan fingerprint density at radius 1 is 1.00 bits per heavy atom. The van der Waals surface area contributed by atoms with Crippen molar-refractivity contribution in [2.45, 2.75) is 11.5 Å². The molecule has 0 aliphatic carbocycles. The Hall–Kier alpha value is -2.60. The van der Waals surface area contributed by atoms with E-state index in [0.29, 0.717) is 11.3 Å². The van der Waals surface area contributed by atoms with Gasteiger partial charge < -0.3 is 9.15 Å². The maximum absolute atomic E-state index is 11.4. The van der Waals surface area contributed by atoms with Gasteiger partial charge in [0.25, 0.3) is 0 Å². The van der Waals surface area contributed by atoms with Crippen LogP contribution in [0.3, 0.4) is 0 Å². The molecule has 5 nitrogen and oxygen atoms in total. The summed E-state index contributed by atoms with van der Waals surface area (Å²) in [6.45, 7) is 0.284. The molecule has 6 heteroatoms. The molecule has 0 radical (unpaired) electrons. The third-order valence-corrected chi connectivity index (χ3v) is 4.48. The lowest BCUT2D eigenvalue weighted by molar-refractivity contribution is 0.306. The monoisotopic (exact) mass is 330 g/mol. The van der Waals surface area contributed by atoms with Gasteiger partial charge in [0.2, 0.25) is 0 Å². The summed E-state index contributed by atoms with van der Waals surface area (Å²) in [7, 11) is -3.20. The molecule has 23 heavy (non-hydrogen) atoms. The highest BCUT2D eigenvalue weighted by Gasteiger charge is 2.06. The number of hydrogen-bond acceptors (Lipinski definition) is 5. The van der Waals surface area contributed by atoms with E-state index in [0.717, 1.165) is 10.9 Å². The lowest BCUT2D eigenvalue weighted by atomic mass is 10.2. The van der Waals surface area contributed by atoms with Gasteiger partial charge in [-0.05, 0) is 35.9 Å². The van der Waals surface area contributed by atoms with E-state index in [1.54, 1.807) is 48.5 Å². The average Bonchev–Trinajstić information content (AvgIpc) is 2.52. The molecule has 0 atom stereocenters. The third kappa shape index (κ3) is 3.60. The molecule has 1 aromatic heterocycles. The fourth-order valence-corrected chi connectivity index (χ4v) is 2.76. The van der Waals surface area contributed by atoms with Crippen LogP contribution < -0.4 is 10.4 Å². The molecular weight excluding hydrogens is 316 g/mol. The maximum Gasteiger partial charge on any atom is 0.336 e. The van der Waals surface area contributed by atoms with Crippen LogP contribution in [0.25, 0.3) is 11.0 Å². The van der Waals surface area contributed by atoms with Gasteiger partial charge in [-0.15, -0.1) is 0 Å². The third-order valence-electron chi connectivity index (χ3n) is 3.35. The quantitative estimate of drug-likeness (QED) is 0.688. The summed E-state index contributed by atoms with van der Waals surface area (Å²) in [5.74, 6) is 0.569. The Kier molecular flexibility index (Phi) is 3.92. The molecule has 0 spiro atoms. The van der Waals surface area contributed by atoms with E-state index in [-0.39, 0.29) is 11.5 Å². The molecule has 0 saturated carbocycles. The van der Waals surface area contributed by atoms with E-state index in [4.69, 9.17) is 9.15 Å². The smallest absolute Gasteiger partial charge is 0.336 e. The second-order valence-electron chi connectivity index (χ2n) is 5.16.